The molecule has 110 valence electrons. The molecule has 0 spiro atoms. The van der Waals surface area contributed by atoms with Gasteiger partial charge in [0.2, 0.25) is 0 Å². The maximum Gasteiger partial charge on any atom is 0.122 e. The van der Waals surface area contributed by atoms with E-state index in [0.717, 1.165) is 30.5 Å². The summed E-state index contributed by atoms with van der Waals surface area (Å²) in [7, 11) is 1.92. The number of phenolic OH excluding ortho intramolecular Hbond substituents is 1. The summed E-state index contributed by atoms with van der Waals surface area (Å²) in [6, 6.07) is 6.38. The Morgan fingerprint density at radius 2 is 1.80 bits per heavy atom. The number of anilines is 1. The molecule has 1 aromatic carbocycles. The molecule has 3 nitrogen and oxygen atoms in total. The summed E-state index contributed by atoms with van der Waals surface area (Å²) in [5.74, 6) is 2.18. The van der Waals surface area contributed by atoms with Crippen LogP contribution in [0.1, 0.15) is 44.2 Å². The molecular weight excluding hydrogens is 248 g/mol. The first-order chi connectivity index (χ1) is 9.67. The Morgan fingerprint density at radius 1 is 1.20 bits per heavy atom. The smallest absolute Gasteiger partial charge is 0.122 e. The Hall–Kier alpha value is -1.22. The van der Waals surface area contributed by atoms with Crippen molar-refractivity contribution in [3.8, 4) is 5.75 Å². The normalized spacial score (nSPS) is 19.9. The van der Waals surface area contributed by atoms with Gasteiger partial charge in [-0.25, -0.2) is 0 Å². The number of nitrogens with zero attached hydrogens (tertiary/aromatic N) is 1. The van der Waals surface area contributed by atoms with Crippen LogP contribution in [0, 0.1) is 11.8 Å². The number of hydrogen-bond donors (Lipinski definition) is 2. The van der Waals surface area contributed by atoms with Gasteiger partial charge in [-0.05, 0) is 57.6 Å². The SMILES string of the molecule is CNC(C)c1ccc(N(CC2CC2)CC2CC2)cc1O. The summed E-state index contributed by atoms with van der Waals surface area (Å²) in [6.07, 6.45) is 5.51. The molecule has 3 heteroatoms. The third-order valence-electron chi connectivity index (χ3n) is 4.63. The fraction of sp³-hybridized carbons (Fsp3) is 0.647. The number of rotatable bonds is 7. The molecule has 2 aliphatic rings. The van der Waals surface area contributed by atoms with E-state index < -0.39 is 0 Å². The first kappa shape index (κ1) is 13.7. The molecule has 2 aliphatic carbocycles. The van der Waals surface area contributed by atoms with E-state index in [1.807, 2.05) is 13.1 Å². The molecule has 1 aromatic rings. The largest absolute Gasteiger partial charge is 0.508 e. The van der Waals surface area contributed by atoms with Gasteiger partial charge in [-0.3, -0.25) is 0 Å². The number of benzene rings is 1. The van der Waals surface area contributed by atoms with Crippen LogP contribution in [0.3, 0.4) is 0 Å². The van der Waals surface area contributed by atoms with E-state index in [9.17, 15) is 5.11 Å². The van der Waals surface area contributed by atoms with Crippen LogP contribution in [-0.4, -0.2) is 25.2 Å². The molecular formula is C17H26N2O. The second-order valence-corrected chi connectivity index (χ2v) is 6.55. The van der Waals surface area contributed by atoms with Crippen LogP contribution >= 0.6 is 0 Å². The molecule has 3 rings (SSSR count). The van der Waals surface area contributed by atoms with E-state index in [0.29, 0.717) is 5.75 Å². The summed E-state index contributed by atoms with van der Waals surface area (Å²) in [5.41, 5.74) is 2.17. The first-order valence-corrected chi connectivity index (χ1v) is 7.92. The van der Waals surface area contributed by atoms with Gasteiger partial charge in [-0.15, -0.1) is 0 Å². The summed E-state index contributed by atoms with van der Waals surface area (Å²) < 4.78 is 0. The van der Waals surface area contributed by atoms with Crippen LogP contribution in [0.25, 0.3) is 0 Å². The molecule has 2 N–H and O–H groups in total. The number of aromatic hydroxyl groups is 1. The van der Waals surface area contributed by atoms with E-state index in [2.05, 4.69) is 29.3 Å². The van der Waals surface area contributed by atoms with Crippen LogP contribution in [0.4, 0.5) is 5.69 Å². The predicted octanol–water partition coefficient (Wildman–Crippen LogP) is 3.30. The zero-order valence-corrected chi connectivity index (χ0v) is 12.6. The van der Waals surface area contributed by atoms with E-state index in [4.69, 9.17) is 0 Å². The zero-order valence-electron chi connectivity index (χ0n) is 12.6. The Bertz CT molecular complexity index is 452. The molecule has 0 radical (unpaired) electrons. The molecule has 2 saturated carbocycles. The summed E-state index contributed by atoms with van der Waals surface area (Å²) in [5, 5.41) is 13.5. The third-order valence-corrected chi connectivity index (χ3v) is 4.63. The topological polar surface area (TPSA) is 35.5 Å². The molecule has 0 heterocycles. The standard InChI is InChI=1S/C17H26N2O/c1-12(18-2)16-8-7-15(9-17(16)20)19(10-13-3-4-13)11-14-5-6-14/h7-9,12-14,18,20H,3-6,10-11H2,1-2H3. The average Bonchev–Trinajstić information content (AvgIpc) is 3.32. The van der Waals surface area contributed by atoms with E-state index in [1.54, 1.807) is 0 Å². The lowest BCUT2D eigenvalue weighted by atomic mass is 10.1. The Labute approximate surface area is 122 Å². The van der Waals surface area contributed by atoms with Crippen LogP contribution < -0.4 is 10.2 Å². The highest BCUT2D eigenvalue weighted by atomic mass is 16.3. The fourth-order valence-electron chi connectivity index (χ4n) is 2.76. The predicted molar refractivity (Wildman–Crippen MR) is 83.2 cm³/mol. The molecule has 2 fully saturated rings. The van der Waals surface area contributed by atoms with Crippen LogP contribution in [0.2, 0.25) is 0 Å². The maximum absolute atomic E-state index is 10.3. The molecule has 0 aromatic heterocycles. The van der Waals surface area contributed by atoms with Gasteiger partial charge in [0, 0.05) is 36.4 Å². The Kier molecular flexibility index (Phi) is 3.88. The number of nitrogens with one attached hydrogen (secondary N) is 1. The molecule has 20 heavy (non-hydrogen) atoms. The van der Waals surface area contributed by atoms with Crippen LogP contribution in [-0.2, 0) is 0 Å². The van der Waals surface area contributed by atoms with Gasteiger partial charge < -0.3 is 15.3 Å². The highest BCUT2D eigenvalue weighted by Crippen LogP contribution is 2.37. The molecule has 0 bridgehead atoms. The van der Waals surface area contributed by atoms with Gasteiger partial charge in [0.05, 0.1) is 0 Å². The molecule has 0 saturated heterocycles. The lowest BCUT2D eigenvalue weighted by Crippen LogP contribution is -2.28. The summed E-state index contributed by atoms with van der Waals surface area (Å²) >= 11 is 0. The minimum atomic E-state index is 0.185. The molecule has 0 aliphatic heterocycles. The Balaban J connectivity index is 1.76. The van der Waals surface area contributed by atoms with Crippen molar-refractivity contribution in [3.05, 3.63) is 23.8 Å². The molecule has 0 amide bonds. The van der Waals surface area contributed by atoms with Gasteiger partial charge >= 0.3 is 0 Å². The number of hydrogen-bond acceptors (Lipinski definition) is 3. The van der Waals surface area contributed by atoms with Gasteiger partial charge in [0.1, 0.15) is 5.75 Å². The van der Waals surface area contributed by atoms with E-state index >= 15 is 0 Å². The quantitative estimate of drug-likeness (QED) is 0.801. The van der Waals surface area contributed by atoms with Gasteiger partial charge in [0.15, 0.2) is 0 Å². The van der Waals surface area contributed by atoms with Crippen molar-refractivity contribution in [2.75, 3.05) is 25.0 Å². The first-order valence-electron chi connectivity index (χ1n) is 7.92. The Morgan fingerprint density at radius 3 is 2.25 bits per heavy atom. The summed E-state index contributed by atoms with van der Waals surface area (Å²) in [6.45, 7) is 4.40. The molecule has 1 atom stereocenters. The minimum Gasteiger partial charge on any atom is -0.508 e. The molecule has 1 unspecified atom stereocenters. The van der Waals surface area contributed by atoms with Crippen LogP contribution in [0.15, 0.2) is 18.2 Å². The second kappa shape index (κ2) is 5.65. The maximum atomic E-state index is 10.3. The highest BCUT2D eigenvalue weighted by molar-refractivity contribution is 5.54. The van der Waals surface area contributed by atoms with Crippen molar-refractivity contribution in [2.45, 2.75) is 38.6 Å². The van der Waals surface area contributed by atoms with Gasteiger partial charge in [-0.2, -0.15) is 0 Å². The monoisotopic (exact) mass is 274 g/mol. The lowest BCUT2D eigenvalue weighted by Gasteiger charge is -2.26. The van der Waals surface area contributed by atoms with Crippen LogP contribution in [0.5, 0.6) is 5.75 Å². The van der Waals surface area contributed by atoms with Crippen molar-refractivity contribution >= 4 is 5.69 Å². The van der Waals surface area contributed by atoms with Crippen molar-refractivity contribution in [3.63, 3.8) is 0 Å². The van der Waals surface area contributed by atoms with Crippen molar-refractivity contribution in [1.29, 1.82) is 0 Å². The average molecular weight is 274 g/mol. The second-order valence-electron chi connectivity index (χ2n) is 6.55. The zero-order chi connectivity index (χ0) is 14.1. The van der Waals surface area contributed by atoms with Crippen molar-refractivity contribution in [1.82, 2.24) is 5.32 Å². The van der Waals surface area contributed by atoms with E-state index in [1.165, 1.54) is 31.4 Å². The van der Waals surface area contributed by atoms with Crippen molar-refractivity contribution < 1.29 is 5.11 Å². The van der Waals surface area contributed by atoms with Gasteiger partial charge in [-0.1, -0.05) is 6.07 Å². The third kappa shape index (κ3) is 3.26. The van der Waals surface area contributed by atoms with Crippen molar-refractivity contribution in [2.24, 2.45) is 11.8 Å². The highest BCUT2D eigenvalue weighted by Gasteiger charge is 2.29. The summed E-state index contributed by atoms with van der Waals surface area (Å²) in [4.78, 5) is 2.49. The minimum absolute atomic E-state index is 0.185. The van der Waals surface area contributed by atoms with Gasteiger partial charge in [0.25, 0.3) is 0 Å². The number of phenols is 1. The van der Waals surface area contributed by atoms with E-state index in [-0.39, 0.29) is 6.04 Å². The lowest BCUT2D eigenvalue weighted by molar-refractivity contribution is 0.457. The fourth-order valence-corrected chi connectivity index (χ4v) is 2.76.